The summed E-state index contributed by atoms with van der Waals surface area (Å²) in [5.74, 6) is 0.699. The molecule has 0 saturated carbocycles. The summed E-state index contributed by atoms with van der Waals surface area (Å²) in [4.78, 5) is 2.57. The smallest absolute Gasteiger partial charge is 0.0455 e. The molecule has 1 aliphatic carbocycles. The third-order valence-electron chi connectivity index (χ3n) is 3.41. The maximum Gasteiger partial charge on any atom is 0.0455 e. The molecule has 0 aromatic rings. The highest BCUT2D eigenvalue weighted by Crippen LogP contribution is 2.25. The van der Waals surface area contributed by atoms with Gasteiger partial charge in [-0.05, 0) is 12.5 Å². The summed E-state index contributed by atoms with van der Waals surface area (Å²) in [6, 6.07) is 0.626. The molecule has 14 heavy (non-hydrogen) atoms. The molecular weight excluding hydrogens is 172 g/mol. The highest BCUT2D eigenvalue weighted by Gasteiger charge is 2.28. The molecule has 3 aliphatic rings. The quantitative estimate of drug-likeness (QED) is 0.576. The van der Waals surface area contributed by atoms with Crippen LogP contribution in [0.25, 0.3) is 0 Å². The first kappa shape index (κ1) is 8.30. The number of nitrogens with one attached hydrogen (secondary N) is 1. The molecule has 0 bridgehead atoms. The van der Waals surface area contributed by atoms with E-state index < -0.39 is 0 Å². The Kier molecular flexibility index (Phi) is 1.95. The van der Waals surface area contributed by atoms with Gasteiger partial charge in [-0.15, -0.1) is 0 Å². The molecule has 3 rings (SSSR count). The molecule has 1 saturated heterocycles. The largest absolute Gasteiger partial charge is 0.386 e. The van der Waals surface area contributed by atoms with Crippen LogP contribution in [-0.4, -0.2) is 30.6 Å². The van der Waals surface area contributed by atoms with Gasteiger partial charge in [-0.3, -0.25) is 4.90 Å². The summed E-state index contributed by atoms with van der Waals surface area (Å²) < 4.78 is 0. The first-order chi connectivity index (χ1) is 6.93. The number of nitrogens with zero attached hydrogens (tertiary/aromatic N) is 1. The normalized spacial score (nSPS) is 35.6. The molecule has 0 aromatic heterocycles. The van der Waals surface area contributed by atoms with E-state index in [1.54, 1.807) is 0 Å². The van der Waals surface area contributed by atoms with Gasteiger partial charge in [-0.2, -0.15) is 0 Å². The van der Waals surface area contributed by atoms with E-state index in [0.717, 1.165) is 13.1 Å². The first-order valence-electron chi connectivity index (χ1n) is 5.45. The molecule has 0 spiro atoms. The Bertz CT molecular complexity index is 314. The molecule has 2 heteroatoms. The zero-order chi connectivity index (χ0) is 9.38. The van der Waals surface area contributed by atoms with Crippen LogP contribution in [-0.2, 0) is 0 Å². The summed E-state index contributed by atoms with van der Waals surface area (Å²) in [5, 5.41) is 3.57. The van der Waals surface area contributed by atoms with Crippen molar-refractivity contribution < 1.29 is 0 Å². The maximum atomic E-state index is 3.57. The van der Waals surface area contributed by atoms with Crippen molar-refractivity contribution >= 4 is 0 Å². The van der Waals surface area contributed by atoms with E-state index in [1.807, 2.05) is 0 Å². The van der Waals surface area contributed by atoms with E-state index in [2.05, 4.69) is 40.6 Å². The van der Waals surface area contributed by atoms with Crippen molar-refractivity contribution in [3.8, 4) is 0 Å². The second kappa shape index (κ2) is 3.28. The summed E-state index contributed by atoms with van der Waals surface area (Å²) in [6.45, 7) is 3.42. The van der Waals surface area contributed by atoms with Crippen LogP contribution in [0.1, 0.15) is 6.42 Å². The van der Waals surface area contributed by atoms with E-state index in [4.69, 9.17) is 0 Å². The van der Waals surface area contributed by atoms with E-state index in [1.165, 1.54) is 18.7 Å². The average Bonchev–Trinajstić information content (AvgIpc) is 2.58. The van der Waals surface area contributed by atoms with Crippen LogP contribution in [0.2, 0.25) is 0 Å². The monoisotopic (exact) mass is 188 g/mol. The van der Waals surface area contributed by atoms with Crippen molar-refractivity contribution in [2.75, 3.05) is 19.6 Å². The van der Waals surface area contributed by atoms with Crippen molar-refractivity contribution in [1.29, 1.82) is 0 Å². The van der Waals surface area contributed by atoms with Gasteiger partial charge in [0.1, 0.15) is 0 Å². The van der Waals surface area contributed by atoms with Crippen molar-refractivity contribution in [3.05, 3.63) is 36.1 Å². The van der Waals surface area contributed by atoms with Crippen molar-refractivity contribution in [3.63, 3.8) is 0 Å². The Balaban J connectivity index is 1.82. The van der Waals surface area contributed by atoms with Crippen LogP contribution in [0.5, 0.6) is 0 Å². The van der Waals surface area contributed by atoms with Gasteiger partial charge in [0.05, 0.1) is 0 Å². The second-order valence-corrected chi connectivity index (χ2v) is 4.31. The minimum atomic E-state index is 0.626. The molecule has 0 radical (unpaired) electrons. The van der Waals surface area contributed by atoms with Crippen LogP contribution in [0.4, 0.5) is 0 Å². The molecule has 0 aromatic carbocycles. The van der Waals surface area contributed by atoms with Crippen molar-refractivity contribution in [2.24, 2.45) is 5.92 Å². The SMILES string of the molecule is C1=CCC2CN3CC=CC3CNC2=C1. The van der Waals surface area contributed by atoms with Crippen LogP contribution < -0.4 is 5.32 Å². The number of fused-ring (bicyclic) bond motifs is 2. The van der Waals surface area contributed by atoms with Crippen LogP contribution in [0.15, 0.2) is 36.1 Å². The molecule has 2 atom stereocenters. The highest BCUT2D eigenvalue weighted by molar-refractivity contribution is 5.23. The van der Waals surface area contributed by atoms with Gasteiger partial charge >= 0.3 is 0 Å². The van der Waals surface area contributed by atoms with Gasteiger partial charge in [0.2, 0.25) is 0 Å². The fourth-order valence-corrected chi connectivity index (χ4v) is 2.58. The minimum Gasteiger partial charge on any atom is -0.386 e. The average molecular weight is 188 g/mol. The number of hydrogen-bond donors (Lipinski definition) is 1. The molecule has 0 amide bonds. The third kappa shape index (κ3) is 1.30. The molecule has 2 aliphatic heterocycles. The lowest BCUT2D eigenvalue weighted by molar-refractivity contribution is 0.261. The van der Waals surface area contributed by atoms with E-state index in [0.29, 0.717) is 12.0 Å². The van der Waals surface area contributed by atoms with Gasteiger partial charge in [0.15, 0.2) is 0 Å². The summed E-state index contributed by atoms with van der Waals surface area (Å²) in [6.07, 6.45) is 12.5. The van der Waals surface area contributed by atoms with E-state index in [-0.39, 0.29) is 0 Å². The standard InChI is InChI=1S/C12H16N2/c1-2-6-12-10(4-1)9-14-7-3-5-11(14)8-13-12/h1-3,5-6,10-11,13H,4,7-9H2. The Labute approximate surface area is 85.0 Å². The summed E-state index contributed by atoms with van der Waals surface area (Å²) >= 11 is 0. The van der Waals surface area contributed by atoms with Gasteiger partial charge < -0.3 is 5.32 Å². The first-order valence-corrected chi connectivity index (χ1v) is 5.45. The van der Waals surface area contributed by atoms with Crippen LogP contribution >= 0.6 is 0 Å². The van der Waals surface area contributed by atoms with E-state index in [9.17, 15) is 0 Å². The molecule has 2 unspecified atom stereocenters. The third-order valence-corrected chi connectivity index (χ3v) is 3.41. The van der Waals surface area contributed by atoms with Crippen LogP contribution in [0.3, 0.4) is 0 Å². The summed E-state index contributed by atoms with van der Waals surface area (Å²) in [5.41, 5.74) is 1.44. The zero-order valence-electron chi connectivity index (χ0n) is 8.32. The van der Waals surface area contributed by atoms with Gasteiger partial charge in [-0.1, -0.05) is 24.3 Å². The highest BCUT2D eigenvalue weighted by atomic mass is 15.2. The summed E-state index contributed by atoms with van der Waals surface area (Å²) in [7, 11) is 0. The van der Waals surface area contributed by atoms with Gasteiger partial charge in [-0.25, -0.2) is 0 Å². The molecule has 74 valence electrons. The maximum absolute atomic E-state index is 3.57. The lowest BCUT2D eigenvalue weighted by atomic mass is 9.97. The van der Waals surface area contributed by atoms with Gasteiger partial charge in [0, 0.05) is 37.3 Å². The van der Waals surface area contributed by atoms with Crippen LogP contribution in [0, 0.1) is 5.92 Å². The molecule has 2 heterocycles. The fourth-order valence-electron chi connectivity index (χ4n) is 2.58. The number of hydrogen-bond acceptors (Lipinski definition) is 2. The molecule has 1 N–H and O–H groups in total. The second-order valence-electron chi connectivity index (χ2n) is 4.31. The number of allylic oxidation sites excluding steroid dienone is 3. The predicted octanol–water partition coefficient (Wildman–Crippen LogP) is 1.29. The Morgan fingerprint density at radius 2 is 2.36 bits per heavy atom. The van der Waals surface area contributed by atoms with Crippen molar-refractivity contribution in [2.45, 2.75) is 12.5 Å². The van der Waals surface area contributed by atoms with E-state index >= 15 is 0 Å². The molecular formula is C12H16N2. The fraction of sp³-hybridized carbons (Fsp3) is 0.500. The minimum absolute atomic E-state index is 0.626. The lowest BCUT2D eigenvalue weighted by Crippen LogP contribution is -2.35. The number of rotatable bonds is 0. The van der Waals surface area contributed by atoms with Crippen molar-refractivity contribution in [1.82, 2.24) is 10.2 Å². The molecule has 1 fully saturated rings. The Hall–Kier alpha value is -1.02. The zero-order valence-corrected chi connectivity index (χ0v) is 8.32. The Morgan fingerprint density at radius 1 is 1.36 bits per heavy atom. The lowest BCUT2D eigenvalue weighted by Gasteiger charge is -2.24. The van der Waals surface area contributed by atoms with Gasteiger partial charge in [0.25, 0.3) is 0 Å². The predicted molar refractivity (Wildman–Crippen MR) is 57.8 cm³/mol. The Morgan fingerprint density at radius 3 is 3.36 bits per heavy atom. The molecule has 2 nitrogen and oxygen atoms in total. The topological polar surface area (TPSA) is 15.3 Å².